The molecule has 6 nitrogen and oxygen atoms in total. The van der Waals surface area contributed by atoms with Gasteiger partial charge in [-0.1, -0.05) is 0 Å². The minimum Gasteiger partial charge on any atom is -0.373 e. The number of aryl methyl sites for hydroxylation is 1. The van der Waals surface area contributed by atoms with Gasteiger partial charge in [0.1, 0.15) is 0 Å². The van der Waals surface area contributed by atoms with Gasteiger partial charge in [0, 0.05) is 30.2 Å². The van der Waals surface area contributed by atoms with Crippen LogP contribution in [0.3, 0.4) is 0 Å². The topological polar surface area (TPSA) is 66.5 Å². The Bertz CT molecular complexity index is 493. The molecule has 7 heteroatoms. The third kappa shape index (κ3) is 3.93. The maximum atomic E-state index is 11.8. The van der Waals surface area contributed by atoms with Crippen molar-refractivity contribution < 1.29 is 9.53 Å². The van der Waals surface area contributed by atoms with Crippen LogP contribution in [0.15, 0.2) is 6.20 Å². The van der Waals surface area contributed by atoms with Crippen molar-refractivity contribution in [3.8, 4) is 0 Å². The number of fused-ring (bicyclic) bond motifs is 1. The lowest BCUT2D eigenvalue weighted by Gasteiger charge is -2.35. The van der Waals surface area contributed by atoms with E-state index in [0.29, 0.717) is 19.1 Å². The van der Waals surface area contributed by atoms with E-state index in [4.69, 9.17) is 4.74 Å². The molecule has 116 valence electrons. The Morgan fingerprint density at radius 1 is 1.57 bits per heavy atom. The molecule has 2 fully saturated rings. The quantitative estimate of drug-likeness (QED) is 0.874. The van der Waals surface area contributed by atoms with Gasteiger partial charge in [-0.2, -0.15) is 0 Å². The predicted octanol–water partition coefficient (Wildman–Crippen LogP) is 1.11. The minimum atomic E-state index is -0.145. The fourth-order valence-electron chi connectivity index (χ4n) is 2.93. The summed E-state index contributed by atoms with van der Waals surface area (Å²) < 4.78 is 5.82. The second kappa shape index (κ2) is 6.72. The molecular weight excluding hydrogens is 288 g/mol. The van der Waals surface area contributed by atoms with E-state index < -0.39 is 0 Å². The van der Waals surface area contributed by atoms with Crippen molar-refractivity contribution in [2.45, 2.75) is 38.5 Å². The van der Waals surface area contributed by atoms with E-state index in [1.165, 1.54) is 19.4 Å². The van der Waals surface area contributed by atoms with Gasteiger partial charge in [-0.15, -0.1) is 11.3 Å². The molecule has 1 aromatic rings. The van der Waals surface area contributed by atoms with Gasteiger partial charge in [0.2, 0.25) is 0 Å². The molecule has 0 saturated carbocycles. The van der Waals surface area contributed by atoms with Crippen LogP contribution in [0, 0.1) is 6.92 Å². The van der Waals surface area contributed by atoms with Crippen molar-refractivity contribution in [3.63, 3.8) is 0 Å². The van der Waals surface area contributed by atoms with Crippen LogP contribution in [0.25, 0.3) is 0 Å². The number of morpholine rings is 1. The van der Waals surface area contributed by atoms with Crippen LogP contribution in [0.5, 0.6) is 0 Å². The number of carbonyl (C=O) groups excluding carboxylic acids is 1. The molecule has 3 rings (SSSR count). The SMILES string of the molecule is Cc1ncc(CNC(=O)NC[C@H]2CN3CCC[C@@H]3CO2)s1. The van der Waals surface area contributed by atoms with E-state index >= 15 is 0 Å². The number of carbonyl (C=O) groups is 1. The lowest BCUT2D eigenvalue weighted by molar-refractivity contribution is -0.0457. The number of amides is 2. The highest BCUT2D eigenvalue weighted by Crippen LogP contribution is 2.22. The molecule has 0 aliphatic carbocycles. The van der Waals surface area contributed by atoms with Gasteiger partial charge in [-0.25, -0.2) is 9.78 Å². The fraction of sp³-hybridized carbons (Fsp3) is 0.714. The number of nitrogens with zero attached hydrogens (tertiary/aromatic N) is 2. The van der Waals surface area contributed by atoms with Crippen LogP contribution < -0.4 is 10.6 Å². The van der Waals surface area contributed by atoms with E-state index in [9.17, 15) is 4.79 Å². The summed E-state index contributed by atoms with van der Waals surface area (Å²) in [6.45, 7) is 5.95. The molecule has 2 N–H and O–H groups in total. The Hall–Kier alpha value is -1.18. The Morgan fingerprint density at radius 3 is 3.29 bits per heavy atom. The van der Waals surface area contributed by atoms with Gasteiger partial charge in [-0.3, -0.25) is 4.90 Å². The number of hydrogen-bond acceptors (Lipinski definition) is 5. The van der Waals surface area contributed by atoms with Crippen LogP contribution in [-0.4, -0.2) is 54.3 Å². The Kier molecular flexibility index (Phi) is 4.72. The van der Waals surface area contributed by atoms with Crippen molar-refractivity contribution in [2.75, 3.05) is 26.2 Å². The number of urea groups is 1. The number of thiazole rings is 1. The first-order valence-corrected chi connectivity index (χ1v) is 8.31. The monoisotopic (exact) mass is 310 g/mol. The summed E-state index contributed by atoms with van der Waals surface area (Å²) in [6, 6.07) is 0.456. The summed E-state index contributed by atoms with van der Waals surface area (Å²) >= 11 is 1.60. The molecule has 0 aromatic carbocycles. The second-order valence-corrected chi connectivity index (χ2v) is 6.97. The molecule has 2 amide bonds. The average molecular weight is 310 g/mol. The van der Waals surface area contributed by atoms with Crippen molar-refractivity contribution in [1.29, 1.82) is 0 Å². The summed E-state index contributed by atoms with van der Waals surface area (Å²) in [7, 11) is 0. The lowest BCUT2D eigenvalue weighted by atomic mass is 10.2. The molecule has 3 heterocycles. The van der Waals surface area contributed by atoms with E-state index in [1.54, 1.807) is 17.5 Å². The van der Waals surface area contributed by atoms with E-state index in [2.05, 4.69) is 20.5 Å². The highest BCUT2D eigenvalue weighted by atomic mass is 32.1. The number of nitrogens with one attached hydrogen (secondary N) is 2. The highest BCUT2D eigenvalue weighted by molar-refractivity contribution is 7.11. The maximum absolute atomic E-state index is 11.8. The van der Waals surface area contributed by atoms with E-state index in [1.807, 2.05) is 6.92 Å². The molecule has 21 heavy (non-hydrogen) atoms. The molecule has 2 atom stereocenters. The molecule has 0 spiro atoms. The summed E-state index contributed by atoms with van der Waals surface area (Å²) in [5, 5.41) is 6.76. The van der Waals surface area contributed by atoms with E-state index in [-0.39, 0.29) is 12.1 Å². The Balaban J connectivity index is 1.36. The minimum absolute atomic E-state index is 0.107. The molecule has 0 bridgehead atoms. The second-order valence-electron chi connectivity index (χ2n) is 5.66. The van der Waals surface area contributed by atoms with Gasteiger partial charge in [0.05, 0.1) is 24.3 Å². The summed E-state index contributed by atoms with van der Waals surface area (Å²) in [5.74, 6) is 0. The molecule has 0 unspecified atom stereocenters. The largest absolute Gasteiger partial charge is 0.373 e. The molecule has 0 radical (unpaired) electrons. The lowest BCUT2D eigenvalue weighted by Crippen LogP contribution is -2.51. The first-order valence-electron chi connectivity index (χ1n) is 7.49. The summed E-state index contributed by atoms with van der Waals surface area (Å²) in [6.07, 6.45) is 4.42. The zero-order valence-corrected chi connectivity index (χ0v) is 13.1. The first-order chi connectivity index (χ1) is 10.2. The van der Waals surface area contributed by atoms with Crippen molar-refractivity contribution >= 4 is 17.4 Å². The van der Waals surface area contributed by atoms with Gasteiger partial charge in [0.25, 0.3) is 0 Å². The Labute approximate surface area is 128 Å². The molecule has 2 aliphatic rings. The zero-order chi connectivity index (χ0) is 14.7. The van der Waals surface area contributed by atoms with Crippen LogP contribution in [-0.2, 0) is 11.3 Å². The van der Waals surface area contributed by atoms with Crippen LogP contribution in [0.4, 0.5) is 4.79 Å². The number of ether oxygens (including phenoxy) is 1. The normalized spacial score (nSPS) is 25.6. The predicted molar refractivity (Wildman–Crippen MR) is 81.4 cm³/mol. The smallest absolute Gasteiger partial charge is 0.315 e. The number of rotatable bonds is 4. The molecular formula is C14H22N4O2S. The van der Waals surface area contributed by atoms with Crippen molar-refractivity contribution in [1.82, 2.24) is 20.5 Å². The van der Waals surface area contributed by atoms with Gasteiger partial charge >= 0.3 is 6.03 Å². The number of hydrogen-bond donors (Lipinski definition) is 2. The highest BCUT2D eigenvalue weighted by Gasteiger charge is 2.32. The maximum Gasteiger partial charge on any atom is 0.315 e. The third-order valence-electron chi connectivity index (χ3n) is 4.04. The molecule has 2 saturated heterocycles. The third-order valence-corrected chi connectivity index (χ3v) is 4.96. The van der Waals surface area contributed by atoms with Crippen molar-refractivity contribution in [3.05, 3.63) is 16.1 Å². The zero-order valence-electron chi connectivity index (χ0n) is 12.3. The van der Waals surface area contributed by atoms with Crippen LogP contribution in [0.1, 0.15) is 22.7 Å². The fourth-order valence-corrected chi connectivity index (χ4v) is 3.67. The summed E-state index contributed by atoms with van der Waals surface area (Å²) in [5.41, 5.74) is 0. The molecule has 2 aliphatic heterocycles. The molecule has 1 aromatic heterocycles. The van der Waals surface area contributed by atoms with Crippen LogP contribution >= 0.6 is 11.3 Å². The Morgan fingerprint density at radius 2 is 2.48 bits per heavy atom. The summed E-state index contributed by atoms with van der Waals surface area (Å²) in [4.78, 5) is 19.5. The van der Waals surface area contributed by atoms with Crippen molar-refractivity contribution in [2.24, 2.45) is 0 Å². The van der Waals surface area contributed by atoms with Gasteiger partial charge in [-0.05, 0) is 26.3 Å². The van der Waals surface area contributed by atoms with Gasteiger partial charge < -0.3 is 15.4 Å². The average Bonchev–Trinajstić information content (AvgIpc) is 3.10. The first kappa shape index (κ1) is 14.7. The van der Waals surface area contributed by atoms with E-state index in [0.717, 1.165) is 23.0 Å². The number of aromatic nitrogens is 1. The van der Waals surface area contributed by atoms with Gasteiger partial charge in [0.15, 0.2) is 0 Å². The van der Waals surface area contributed by atoms with Crippen LogP contribution in [0.2, 0.25) is 0 Å². The standard InChI is InChI=1S/C14H22N4O2S/c1-10-15-6-13(21-10)7-17-14(19)16-5-12-8-18-4-2-3-11(18)9-20-12/h6,11-12H,2-5,7-9H2,1H3,(H2,16,17,19)/t11-,12+/m1/s1.